The minimum Gasteiger partial charge on any atom is -0.465 e. The van der Waals surface area contributed by atoms with Gasteiger partial charge in [0.25, 0.3) is 5.85 Å². The second kappa shape index (κ2) is 5.51. The first-order valence-corrected chi connectivity index (χ1v) is 7.00. The van der Waals surface area contributed by atoms with Crippen LogP contribution in [-0.2, 0) is 23.2 Å². The van der Waals surface area contributed by atoms with E-state index in [0.29, 0.717) is 0 Å². The minimum absolute atomic E-state index is 0.0372. The third-order valence-corrected chi connectivity index (χ3v) is 3.79. The molecule has 1 aliphatic heterocycles. The lowest BCUT2D eigenvalue weighted by Gasteiger charge is -2.20. The Morgan fingerprint density at radius 1 is 1.21 bits per heavy atom. The molecule has 0 bridgehead atoms. The van der Waals surface area contributed by atoms with E-state index in [-0.39, 0.29) is 28.9 Å². The van der Waals surface area contributed by atoms with E-state index < -0.39 is 23.6 Å². The lowest BCUT2D eigenvalue weighted by atomic mass is 9.98. The highest BCUT2D eigenvalue weighted by Gasteiger charge is 2.43. The van der Waals surface area contributed by atoms with Crippen molar-refractivity contribution in [2.75, 3.05) is 7.11 Å². The molecule has 2 aromatic rings. The molecule has 0 saturated heterocycles. The number of benzene rings is 2. The van der Waals surface area contributed by atoms with E-state index in [1.54, 1.807) is 0 Å². The van der Waals surface area contributed by atoms with Crippen molar-refractivity contribution in [2.45, 2.75) is 18.5 Å². The Hall–Kier alpha value is -2.57. The van der Waals surface area contributed by atoms with Crippen molar-refractivity contribution in [1.82, 2.24) is 0 Å². The first kappa shape index (κ1) is 16.3. The topological polar surface area (TPSA) is 35.5 Å². The van der Waals surface area contributed by atoms with Crippen molar-refractivity contribution in [2.24, 2.45) is 0 Å². The molecule has 0 spiro atoms. The molecule has 7 heteroatoms. The predicted molar refractivity (Wildman–Crippen MR) is 76.3 cm³/mol. The Labute approximate surface area is 134 Å². The summed E-state index contributed by atoms with van der Waals surface area (Å²) in [6.07, 6.45) is -4.89. The largest absolute Gasteiger partial charge is 0.465 e. The van der Waals surface area contributed by atoms with Gasteiger partial charge in [0.05, 0.1) is 24.7 Å². The van der Waals surface area contributed by atoms with Crippen LogP contribution in [0.4, 0.5) is 17.6 Å². The van der Waals surface area contributed by atoms with Crippen molar-refractivity contribution in [3.63, 3.8) is 0 Å². The smallest absolute Gasteiger partial charge is 0.416 e. The van der Waals surface area contributed by atoms with Gasteiger partial charge in [-0.2, -0.15) is 17.6 Å². The summed E-state index contributed by atoms with van der Waals surface area (Å²) in [5.74, 6) is -2.93. The SMILES string of the molecule is COC(=O)c1cccc(C2(F)Cc3cc(C(F)(F)F)ccc3O2)c1. The molecule has 0 N–H and O–H groups in total. The maximum Gasteiger partial charge on any atom is 0.416 e. The second-order valence-corrected chi connectivity index (χ2v) is 5.40. The van der Waals surface area contributed by atoms with Crippen molar-refractivity contribution in [3.05, 3.63) is 64.7 Å². The average Bonchev–Trinajstić information content (AvgIpc) is 2.90. The van der Waals surface area contributed by atoms with Gasteiger partial charge in [0, 0.05) is 11.1 Å². The van der Waals surface area contributed by atoms with E-state index in [0.717, 1.165) is 18.2 Å². The lowest BCUT2D eigenvalue weighted by molar-refractivity contribution is -0.137. The standard InChI is InChI=1S/C17H12F4O3/c1-23-15(22)10-3-2-4-12(7-10)16(18)9-11-8-13(17(19,20)21)5-6-14(11)24-16/h2-8H,9H2,1H3. The summed E-state index contributed by atoms with van der Waals surface area (Å²) in [7, 11) is 1.20. The molecular formula is C17H12F4O3. The molecule has 3 rings (SSSR count). The van der Waals surface area contributed by atoms with Gasteiger partial charge < -0.3 is 9.47 Å². The minimum atomic E-state index is -4.51. The van der Waals surface area contributed by atoms with Crippen LogP contribution in [0.3, 0.4) is 0 Å². The fourth-order valence-corrected chi connectivity index (χ4v) is 2.61. The van der Waals surface area contributed by atoms with Gasteiger partial charge in [0.15, 0.2) is 0 Å². The molecule has 0 saturated carbocycles. The maximum absolute atomic E-state index is 15.2. The summed E-state index contributed by atoms with van der Waals surface area (Å²) in [5.41, 5.74) is -0.578. The van der Waals surface area contributed by atoms with Crippen LogP contribution < -0.4 is 4.74 Å². The number of rotatable bonds is 2. The Morgan fingerprint density at radius 2 is 1.96 bits per heavy atom. The Morgan fingerprint density at radius 3 is 2.62 bits per heavy atom. The number of hydrogen-bond acceptors (Lipinski definition) is 3. The van der Waals surface area contributed by atoms with E-state index in [2.05, 4.69) is 4.74 Å². The second-order valence-electron chi connectivity index (χ2n) is 5.40. The number of methoxy groups -OCH3 is 1. The molecule has 3 nitrogen and oxygen atoms in total. The van der Waals surface area contributed by atoms with Crippen LogP contribution in [0.5, 0.6) is 5.75 Å². The van der Waals surface area contributed by atoms with Crippen LogP contribution in [0.2, 0.25) is 0 Å². The number of carbonyl (C=O) groups excluding carboxylic acids is 1. The number of alkyl halides is 4. The Kier molecular flexibility index (Phi) is 3.74. The summed E-state index contributed by atoms with van der Waals surface area (Å²) in [4.78, 5) is 11.5. The molecule has 0 fully saturated rings. The van der Waals surface area contributed by atoms with E-state index in [1.165, 1.54) is 31.4 Å². The zero-order valence-corrected chi connectivity index (χ0v) is 12.5. The van der Waals surface area contributed by atoms with Crippen LogP contribution in [0.1, 0.15) is 27.0 Å². The highest BCUT2D eigenvalue weighted by Crippen LogP contribution is 2.44. The summed E-state index contributed by atoms with van der Waals surface area (Å²) < 4.78 is 63.3. The van der Waals surface area contributed by atoms with E-state index >= 15 is 4.39 Å². The Balaban J connectivity index is 1.95. The van der Waals surface area contributed by atoms with Crippen molar-refractivity contribution in [3.8, 4) is 5.75 Å². The number of ether oxygens (including phenoxy) is 2. The van der Waals surface area contributed by atoms with Gasteiger partial charge in [-0.05, 0) is 30.3 Å². The number of carbonyl (C=O) groups is 1. The predicted octanol–water partition coefficient (Wildman–Crippen LogP) is 4.25. The summed E-state index contributed by atoms with van der Waals surface area (Å²) in [5, 5.41) is 0. The molecule has 24 heavy (non-hydrogen) atoms. The lowest BCUT2D eigenvalue weighted by Crippen LogP contribution is -2.25. The molecule has 0 radical (unpaired) electrons. The molecule has 0 aliphatic carbocycles. The summed E-state index contributed by atoms with van der Waals surface area (Å²) in [6, 6.07) is 8.39. The molecule has 1 atom stereocenters. The molecule has 1 unspecified atom stereocenters. The van der Waals surface area contributed by atoms with Gasteiger partial charge in [-0.3, -0.25) is 0 Å². The highest BCUT2D eigenvalue weighted by atomic mass is 19.4. The van der Waals surface area contributed by atoms with Crippen LogP contribution >= 0.6 is 0 Å². The third kappa shape index (κ3) is 2.81. The number of esters is 1. The van der Waals surface area contributed by atoms with Crippen LogP contribution in [0, 0.1) is 0 Å². The normalized spacial score (nSPS) is 19.5. The van der Waals surface area contributed by atoms with E-state index in [1.807, 2.05) is 0 Å². The van der Waals surface area contributed by atoms with Crippen LogP contribution in [0.15, 0.2) is 42.5 Å². The van der Waals surface area contributed by atoms with Crippen molar-refractivity contribution >= 4 is 5.97 Å². The van der Waals surface area contributed by atoms with Crippen LogP contribution in [0.25, 0.3) is 0 Å². The molecule has 1 aliphatic rings. The first-order valence-electron chi connectivity index (χ1n) is 7.00. The first-order chi connectivity index (χ1) is 11.2. The fraction of sp³-hybridized carbons (Fsp3) is 0.235. The van der Waals surface area contributed by atoms with E-state index in [4.69, 9.17) is 4.74 Å². The van der Waals surface area contributed by atoms with Gasteiger partial charge in [0.1, 0.15) is 5.75 Å². The summed E-state index contributed by atoms with van der Waals surface area (Å²) >= 11 is 0. The monoisotopic (exact) mass is 340 g/mol. The third-order valence-electron chi connectivity index (χ3n) is 3.79. The molecule has 1 heterocycles. The van der Waals surface area contributed by atoms with E-state index in [9.17, 15) is 18.0 Å². The number of fused-ring (bicyclic) bond motifs is 1. The van der Waals surface area contributed by atoms with Gasteiger partial charge in [-0.15, -0.1) is 0 Å². The van der Waals surface area contributed by atoms with Crippen molar-refractivity contribution in [1.29, 1.82) is 0 Å². The molecule has 0 amide bonds. The molecule has 0 aromatic heterocycles. The van der Waals surface area contributed by atoms with Crippen molar-refractivity contribution < 1.29 is 31.8 Å². The maximum atomic E-state index is 15.2. The zero-order valence-electron chi connectivity index (χ0n) is 12.5. The zero-order chi connectivity index (χ0) is 17.5. The molecule has 2 aromatic carbocycles. The van der Waals surface area contributed by atoms with Crippen LogP contribution in [-0.4, -0.2) is 13.1 Å². The quantitative estimate of drug-likeness (QED) is 0.606. The van der Waals surface area contributed by atoms with Gasteiger partial charge >= 0.3 is 12.1 Å². The fourth-order valence-electron chi connectivity index (χ4n) is 2.61. The van der Waals surface area contributed by atoms with Gasteiger partial charge in [-0.1, -0.05) is 12.1 Å². The number of halogens is 4. The van der Waals surface area contributed by atoms with Gasteiger partial charge in [0.2, 0.25) is 0 Å². The summed E-state index contributed by atoms with van der Waals surface area (Å²) in [6.45, 7) is 0. The molecule has 126 valence electrons. The highest BCUT2D eigenvalue weighted by molar-refractivity contribution is 5.89. The molecular weight excluding hydrogens is 328 g/mol. The Bertz CT molecular complexity index is 801. The van der Waals surface area contributed by atoms with Gasteiger partial charge in [-0.25, -0.2) is 4.79 Å². The average molecular weight is 340 g/mol. The number of hydrogen-bond donors (Lipinski definition) is 0.